The van der Waals surface area contributed by atoms with E-state index >= 15 is 0 Å². The van der Waals surface area contributed by atoms with Crippen LogP contribution in [0.2, 0.25) is 0 Å². The molecule has 2 N–H and O–H groups in total. The summed E-state index contributed by atoms with van der Waals surface area (Å²) in [6.45, 7) is 0.548. The molecule has 2 aromatic carbocycles. The number of H-pyrrole nitrogens is 1. The minimum Gasteiger partial charge on any atom is -0.497 e. The van der Waals surface area contributed by atoms with E-state index in [1.165, 1.54) is 0 Å². The quantitative estimate of drug-likeness (QED) is 0.625. The van der Waals surface area contributed by atoms with Crippen LogP contribution in [0.1, 0.15) is 10.6 Å². The van der Waals surface area contributed by atoms with Gasteiger partial charge in [-0.05, 0) is 36.4 Å². The molecule has 0 fully saturated rings. The highest BCUT2D eigenvalue weighted by molar-refractivity contribution is 5.90. The van der Waals surface area contributed by atoms with Crippen LogP contribution in [-0.2, 0) is 0 Å². The molecule has 0 bridgehead atoms. The molecule has 8 nitrogen and oxygen atoms in total. The highest BCUT2D eigenvalue weighted by Crippen LogP contribution is 2.16. The van der Waals surface area contributed by atoms with Crippen molar-refractivity contribution >= 4 is 5.91 Å². The van der Waals surface area contributed by atoms with Gasteiger partial charge in [0.15, 0.2) is 0 Å². The molecule has 0 atom stereocenters. The summed E-state index contributed by atoms with van der Waals surface area (Å²) in [5, 5.41) is 6.67. The third-order valence-corrected chi connectivity index (χ3v) is 3.55. The zero-order chi connectivity index (χ0) is 18.4. The van der Waals surface area contributed by atoms with Crippen molar-refractivity contribution in [3.8, 4) is 17.2 Å². The lowest BCUT2D eigenvalue weighted by atomic mass is 10.3. The molecule has 0 aliphatic rings. The molecule has 8 heteroatoms. The molecule has 0 aliphatic carbocycles. The summed E-state index contributed by atoms with van der Waals surface area (Å²) >= 11 is 0. The summed E-state index contributed by atoms with van der Waals surface area (Å²) in [5.41, 5.74) is 0.103. The summed E-state index contributed by atoms with van der Waals surface area (Å²) in [6, 6.07) is 16.0. The van der Waals surface area contributed by atoms with Gasteiger partial charge in [-0.1, -0.05) is 18.2 Å². The number of ether oxygens (including phenoxy) is 2. The van der Waals surface area contributed by atoms with Crippen molar-refractivity contribution < 1.29 is 14.3 Å². The minimum atomic E-state index is -0.477. The van der Waals surface area contributed by atoms with Crippen molar-refractivity contribution in [3.05, 3.63) is 70.9 Å². The van der Waals surface area contributed by atoms with Gasteiger partial charge < -0.3 is 14.8 Å². The van der Waals surface area contributed by atoms with Crippen molar-refractivity contribution in [2.24, 2.45) is 0 Å². The van der Waals surface area contributed by atoms with Crippen LogP contribution in [-0.4, -0.2) is 40.9 Å². The predicted octanol–water partition coefficient (Wildman–Crippen LogP) is 1.38. The van der Waals surface area contributed by atoms with Gasteiger partial charge in [0.1, 0.15) is 18.1 Å². The lowest BCUT2D eigenvalue weighted by Gasteiger charge is -2.07. The van der Waals surface area contributed by atoms with Crippen molar-refractivity contribution in [1.29, 1.82) is 0 Å². The zero-order valence-electron chi connectivity index (χ0n) is 14.1. The number of nitrogens with one attached hydrogen (secondary N) is 2. The van der Waals surface area contributed by atoms with E-state index in [1.807, 2.05) is 6.07 Å². The number of carbonyl (C=O) groups excluding carboxylic acids is 1. The van der Waals surface area contributed by atoms with E-state index < -0.39 is 11.6 Å². The Morgan fingerprint density at radius 2 is 1.81 bits per heavy atom. The minimum absolute atomic E-state index is 0.0525. The fourth-order valence-electron chi connectivity index (χ4n) is 2.26. The smallest absolute Gasteiger partial charge is 0.348 e. The first-order chi connectivity index (χ1) is 12.7. The Balaban J connectivity index is 1.53. The summed E-state index contributed by atoms with van der Waals surface area (Å²) in [6.07, 6.45) is 0. The Morgan fingerprint density at radius 3 is 2.50 bits per heavy atom. The van der Waals surface area contributed by atoms with Crippen LogP contribution in [0.3, 0.4) is 0 Å². The Hall–Kier alpha value is -3.55. The average molecular weight is 354 g/mol. The van der Waals surface area contributed by atoms with E-state index in [1.54, 1.807) is 55.6 Å². The molecule has 3 aromatic rings. The highest BCUT2D eigenvalue weighted by Gasteiger charge is 2.13. The molecule has 0 aliphatic heterocycles. The van der Waals surface area contributed by atoms with Gasteiger partial charge in [-0.2, -0.15) is 4.68 Å². The van der Waals surface area contributed by atoms with E-state index in [9.17, 15) is 9.59 Å². The molecule has 134 valence electrons. The number of hydrogen-bond donors (Lipinski definition) is 2. The first-order valence-electron chi connectivity index (χ1n) is 7.97. The number of aromatic nitrogens is 3. The second-order valence-electron chi connectivity index (χ2n) is 5.31. The van der Waals surface area contributed by atoms with E-state index in [0.29, 0.717) is 11.4 Å². The molecule has 1 aromatic heterocycles. The van der Waals surface area contributed by atoms with Crippen LogP contribution >= 0.6 is 0 Å². The second-order valence-corrected chi connectivity index (χ2v) is 5.31. The normalized spacial score (nSPS) is 10.3. The number of methoxy groups -OCH3 is 1. The van der Waals surface area contributed by atoms with Crippen molar-refractivity contribution in [1.82, 2.24) is 20.1 Å². The maximum absolute atomic E-state index is 12.1. The van der Waals surface area contributed by atoms with E-state index in [-0.39, 0.29) is 19.0 Å². The maximum atomic E-state index is 12.1. The number of benzene rings is 2. The Morgan fingerprint density at radius 1 is 1.12 bits per heavy atom. The molecule has 0 spiro atoms. The van der Waals surface area contributed by atoms with E-state index in [4.69, 9.17) is 9.47 Å². The Bertz CT molecular complexity index is 916. The molecular weight excluding hydrogens is 336 g/mol. The molecule has 0 radical (unpaired) electrons. The molecule has 0 saturated heterocycles. The Kier molecular flexibility index (Phi) is 5.33. The lowest BCUT2D eigenvalue weighted by Crippen LogP contribution is -2.29. The Labute approximate surface area is 149 Å². The fraction of sp³-hybridized carbons (Fsp3) is 0.167. The number of para-hydroxylation sites is 1. The molecule has 0 unspecified atom stereocenters. The lowest BCUT2D eigenvalue weighted by molar-refractivity contribution is 0.0936. The second kappa shape index (κ2) is 8.02. The number of amides is 1. The highest BCUT2D eigenvalue weighted by atomic mass is 16.5. The van der Waals surface area contributed by atoms with Gasteiger partial charge in [0.2, 0.25) is 5.82 Å². The molecule has 1 heterocycles. The van der Waals surface area contributed by atoms with E-state index in [2.05, 4.69) is 15.4 Å². The summed E-state index contributed by atoms with van der Waals surface area (Å²) < 4.78 is 11.7. The van der Waals surface area contributed by atoms with Crippen molar-refractivity contribution in [2.75, 3.05) is 20.3 Å². The molecule has 3 rings (SSSR count). The number of carbonyl (C=O) groups is 1. The van der Waals surface area contributed by atoms with Crippen LogP contribution in [0.4, 0.5) is 0 Å². The standard InChI is InChI=1S/C18H18N4O4/c1-25-14-7-9-15(10-8-14)26-12-11-19-17(23)16-20-18(24)22(21-16)13-5-3-2-4-6-13/h2-10H,11-12H2,1H3,(H,19,23)(H,20,21,24). The van der Waals surface area contributed by atoms with Gasteiger partial charge in [0.05, 0.1) is 19.3 Å². The molecule has 1 amide bonds. The summed E-state index contributed by atoms with van der Waals surface area (Å²) in [5.74, 6) is 0.879. The van der Waals surface area contributed by atoms with Crippen molar-refractivity contribution in [2.45, 2.75) is 0 Å². The van der Waals surface area contributed by atoms with Crippen LogP contribution < -0.4 is 20.5 Å². The summed E-state index contributed by atoms with van der Waals surface area (Å²) in [4.78, 5) is 26.5. The number of aromatic amines is 1. The van der Waals surface area contributed by atoms with E-state index in [0.717, 1.165) is 10.4 Å². The van der Waals surface area contributed by atoms with Crippen LogP contribution in [0.5, 0.6) is 11.5 Å². The molecule has 0 saturated carbocycles. The van der Waals surface area contributed by atoms with Gasteiger partial charge in [0, 0.05) is 0 Å². The topological polar surface area (TPSA) is 98.2 Å². The van der Waals surface area contributed by atoms with Crippen LogP contribution in [0.25, 0.3) is 5.69 Å². The van der Waals surface area contributed by atoms with Crippen molar-refractivity contribution in [3.63, 3.8) is 0 Å². The first-order valence-corrected chi connectivity index (χ1v) is 7.97. The van der Waals surface area contributed by atoms with Gasteiger partial charge in [0.25, 0.3) is 5.91 Å². The van der Waals surface area contributed by atoms with Gasteiger partial charge >= 0.3 is 5.69 Å². The van der Waals surface area contributed by atoms with Gasteiger partial charge in [-0.25, -0.2) is 4.79 Å². The van der Waals surface area contributed by atoms with Crippen LogP contribution in [0, 0.1) is 0 Å². The first kappa shape index (κ1) is 17.3. The van der Waals surface area contributed by atoms with Gasteiger partial charge in [-0.15, -0.1) is 5.10 Å². The maximum Gasteiger partial charge on any atom is 0.348 e. The zero-order valence-corrected chi connectivity index (χ0v) is 14.1. The number of hydrogen-bond acceptors (Lipinski definition) is 5. The van der Waals surface area contributed by atoms with Crippen LogP contribution in [0.15, 0.2) is 59.4 Å². The number of rotatable bonds is 7. The average Bonchev–Trinajstić information content (AvgIpc) is 3.08. The monoisotopic (exact) mass is 354 g/mol. The SMILES string of the molecule is COc1ccc(OCCNC(=O)c2nn(-c3ccccc3)c(=O)[nH]2)cc1. The number of nitrogens with zero attached hydrogens (tertiary/aromatic N) is 2. The molecular formula is C18H18N4O4. The third kappa shape index (κ3) is 4.10. The third-order valence-electron chi connectivity index (χ3n) is 3.55. The fourth-order valence-corrected chi connectivity index (χ4v) is 2.26. The molecule has 26 heavy (non-hydrogen) atoms. The largest absolute Gasteiger partial charge is 0.497 e. The summed E-state index contributed by atoms with van der Waals surface area (Å²) in [7, 11) is 1.59. The van der Waals surface area contributed by atoms with Gasteiger partial charge in [-0.3, -0.25) is 9.78 Å². The predicted molar refractivity (Wildman–Crippen MR) is 95.0 cm³/mol.